The number of carbonyl (C=O) groups is 1. The van der Waals surface area contributed by atoms with Crippen molar-refractivity contribution in [3.05, 3.63) is 0 Å². The van der Waals surface area contributed by atoms with E-state index >= 15 is 0 Å². The van der Waals surface area contributed by atoms with Crippen LogP contribution in [0.25, 0.3) is 0 Å². The normalized spacial score (nSPS) is 30.9. The summed E-state index contributed by atoms with van der Waals surface area (Å²) in [5.74, 6) is 0. The van der Waals surface area contributed by atoms with E-state index in [1.165, 1.54) is 4.90 Å². The monoisotopic (exact) mass is 159 g/mol. The third-order valence-corrected chi connectivity index (χ3v) is 2.26. The van der Waals surface area contributed by atoms with E-state index in [2.05, 4.69) is 0 Å². The molecule has 1 aliphatic heterocycles. The molecule has 0 aromatic rings. The van der Waals surface area contributed by atoms with Crippen LogP contribution in [0.15, 0.2) is 0 Å². The molecular formula is C7H13NO3. The number of methoxy groups -OCH3 is 1. The molecule has 1 heterocycles. The molecule has 0 bridgehead atoms. The van der Waals surface area contributed by atoms with Crippen LogP contribution in [0.4, 0.5) is 4.79 Å². The Morgan fingerprint density at radius 1 is 1.73 bits per heavy atom. The second-order valence-electron chi connectivity index (χ2n) is 2.92. The van der Waals surface area contributed by atoms with Gasteiger partial charge in [-0.1, -0.05) is 0 Å². The van der Waals surface area contributed by atoms with Gasteiger partial charge in [0.1, 0.15) is 5.72 Å². The Kier molecular flexibility index (Phi) is 2.04. The zero-order chi connectivity index (χ0) is 8.48. The molecule has 0 aromatic heterocycles. The lowest BCUT2D eigenvalue weighted by Crippen LogP contribution is -2.45. The SMILES string of the molecule is COC1(C)CCCN1C(=O)O. The lowest BCUT2D eigenvalue weighted by Gasteiger charge is -2.31. The van der Waals surface area contributed by atoms with Gasteiger partial charge in [0.25, 0.3) is 0 Å². The minimum absolute atomic E-state index is 0.583. The topological polar surface area (TPSA) is 49.8 Å². The van der Waals surface area contributed by atoms with Crippen molar-refractivity contribution >= 4 is 6.09 Å². The van der Waals surface area contributed by atoms with Gasteiger partial charge in [-0.05, 0) is 19.8 Å². The molecule has 1 amide bonds. The van der Waals surface area contributed by atoms with Gasteiger partial charge < -0.3 is 9.84 Å². The standard InChI is InChI=1S/C7H13NO3/c1-7(11-2)4-3-5-8(7)6(9)10/h3-5H2,1-2H3,(H,9,10). The van der Waals surface area contributed by atoms with Crippen LogP contribution in [-0.2, 0) is 4.74 Å². The average molecular weight is 159 g/mol. The van der Waals surface area contributed by atoms with Crippen molar-refractivity contribution in [3.63, 3.8) is 0 Å². The Hall–Kier alpha value is -0.770. The molecule has 64 valence electrons. The molecule has 0 saturated carbocycles. The van der Waals surface area contributed by atoms with Crippen LogP contribution in [0.2, 0.25) is 0 Å². The van der Waals surface area contributed by atoms with Gasteiger partial charge in [0.05, 0.1) is 0 Å². The van der Waals surface area contributed by atoms with Crippen molar-refractivity contribution in [1.29, 1.82) is 0 Å². The number of amides is 1. The van der Waals surface area contributed by atoms with Gasteiger partial charge in [0.15, 0.2) is 0 Å². The molecule has 0 radical (unpaired) electrons. The lowest BCUT2D eigenvalue weighted by molar-refractivity contribution is -0.0829. The Labute approximate surface area is 65.8 Å². The third kappa shape index (κ3) is 1.30. The summed E-state index contributed by atoms with van der Waals surface area (Å²) in [6, 6.07) is 0. The Balaban J connectivity index is 2.72. The number of ether oxygens (including phenoxy) is 1. The summed E-state index contributed by atoms with van der Waals surface area (Å²) < 4.78 is 5.12. The second-order valence-corrected chi connectivity index (χ2v) is 2.92. The molecule has 4 nitrogen and oxygen atoms in total. The van der Waals surface area contributed by atoms with Crippen LogP contribution >= 0.6 is 0 Å². The zero-order valence-electron chi connectivity index (χ0n) is 6.83. The van der Waals surface area contributed by atoms with Gasteiger partial charge in [-0.3, -0.25) is 4.90 Å². The molecule has 1 rings (SSSR count). The summed E-state index contributed by atoms with van der Waals surface area (Å²) in [5, 5.41) is 8.73. The summed E-state index contributed by atoms with van der Waals surface area (Å²) in [6.45, 7) is 2.38. The van der Waals surface area contributed by atoms with Gasteiger partial charge in [-0.25, -0.2) is 4.79 Å². The second kappa shape index (κ2) is 2.70. The van der Waals surface area contributed by atoms with Gasteiger partial charge in [0.2, 0.25) is 0 Å². The first kappa shape index (κ1) is 8.33. The molecule has 1 fully saturated rings. The van der Waals surface area contributed by atoms with E-state index in [1.54, 1.807) is 14.0 Å². The fourth-order valence-corrected chi connectivity index (χ4v) is 1.45. The van der Waals surface area contributed by atoms with Crippen molar-refractivity contribution in [1.82, 2.24) is 4.90 Å². The van der Waals surface area contributed by atoms with E-state index in [0.29, 0.717) is 6.54 Å². The minimum Gasteiger partial charge on any atom is -0.465 e. The van der Waals surface area contributed by atoms with Crippen molar-refractivity contribution in [2.75, 3.05) is 13.7 Å². The third-order valence-electron chi connectivity index (χ3n) is 2.26. The van der Waals surface area contributed by atoms with E-state index in [1.807, 2.05) is 0 Å². The summed E-state index contributed by atoms with van der Waals surface area (Å²) in [6.07, 6.45) is 0.777. The number of hydrogen-bond donors (Lipinski definition) is 1. The van der Waals surface area contributed by atoms with Gasteiger partial charge in [-0.2, -0.15) is 0 Å². The van der Waals surface area contributed by atoms with E-state index in [0.717, 1.165) is 12.8 Å². The van der Waals surface area contributed by atoms with Crippen LogP contribution in [0.3, 0.4) is 0 Å². The van der Waals surface area contributed by atoms with Crippen molar-refractivity contribution in [2.24, 2.45) is 0 Å². The summed E-state index contributed by atoms with van der Waals surface area (Å²) in [4.78, 5) is 12.0. The number of rotatable bonds is 1. The van der Waals surface area contributed by atoms with Gasteiger partial charge >= 0.3 is 6.09 Å². The molecule has 4 heteroatoms. The fraction of sp³-hybridized carbons (Fsp3) is 0.857. The Morgan fingerprint density at radius 3 is 2.73 bits per heavy atom. The smallest absolute Gasteiger partial charge is 0.409 e. The molecule has 1 unspecified atom stereocenters. The summed E-state index contributed by atoms with van der Waals surface area (Å²) in [7, 11) is 1.54. The zero-order valence-corrected chi connectivity index (χ0v) is 6.83. The first-order valence-electron chi connectivity index (χ1n) is 3.66. The first-order chi connectivity index (χ1) is 5.10. The molecule has 0 aromatic carbocycles. The van der Waals surface area contributed by atoms with E-state index in [-0.39, 0.29) is 0 Å². The average Bonchev–Trinajstić information content (AvgIpc) is 2.32. The quantitative estimate of drug-likeness (QED) is 0.623. The van der Waals surface area contributed by atoms with E-state index in [9.17, 15) is 4.79 Å². The maximum Gasteiger partial charge on any atom is 0.409 e. The van der Waals surface area contributed by atoms with Crippen LogP contribution < -0.4 is 0 Å². The molecule has 11 heavy (non-hydrogen) atoms. The van der Waals surface area contributed by atoms with Crippen molar-refractivity contribution in [2.45, 2.75) is 25.5 Å². The highest BCUT2D eigenvalue weighted by atomic mass is 16.5. The molecule has 1 aliphatic rings. The van der Waals surface area contributed by atoms with Crippen LogP contribution in [-0.4, -0.2) is 35.5 Å². The summed E-state index contributed by atoms with van der Waals surface area (Å²) >= 11 is 0. The highest BCUT2D eigenvalue weighted by Crippen LogP contribution is 2.28. The molecule has 0 aliphatic carbocycles. The number of nitrogens with zero attached hydrogens (tertiary/aromatic N) is 1. The largest absolute Gasteiger partial charge is 0.465 e. The number of likely N-dealkylation sites (tertiary alicyclic amines) is 1. The fourth-order valence-electron chi connectivity index (χ4n) is 1.45. The van der Waals surface area contributed by atoms with Crippen LogP contribution in [0.5, 0.6) is 0 Å². The highest BCUT2D eigenvalue weighted by molar-refractivity contribution is 5.66. The van der Waals surface area contributed by atoms with E-state index < -0.39 is 11.8 Å². The van der Waals surface area contributed by atoms with Crippen LogP contribution in [0, 0.1) is 0 Å². The predicted molar refractivity (Wildman–Crippen MR) is 39.4 cm³/mol. The predicted octanol–water partition coefficient (Wildman–Crippen LogP) is 1.12. The molecule has 1 saturated heterocycles. The van der Waals surface area contributed by atoms with Gasteiger partial charge in [-0.15, -0.1) is 0 Å². The van der Waals surface area contributed by atoms with Gasteiger partial charge in [0, 0.05) is 13.7 Å². The molecular weight excluding hydrogens is 146 g/mol. The maximum atomic E-state index is 10.6. The Bertz CT molecular complexity index is 171. The van der Waals surface area contributed by atoms with Crippen molar-refractivity contribution < 1.29 is 14.6 Å². The summed E-state index contributed by atoms with van der Waals surface area (Å²) in [5.41, 5.74) is -0.591. The highest BCUT2D eigenvalue weighted by Gasteiger charge is 2.39. The molecule has 1 N–H and O–H groups in total. The van der Waals surface area contributed by atoms with Crippen molar-refractivity contribution in [3.8, 4) is 0 Å². The first-order valence-corrected chi connectivity index (χ1v) is 3.66. The lowest BCUT2D eigenvalue weighted by atomic mass is 10.2. The number of carboxylic acid groups (broad SMARTS) is 1. The number of hydrogen-bond acceptors (Lipinski definition) is 2. The molecule has 1 atom stereocenters. The van der Waals surface area contributed by atoms with Crippen LogP contribution in [0.1, 0.15) is 19.8 Å². The minimum atomic E-state index is -0.896. The molecule has 0 spiro atoms. The van der Waals surface area contributed by atoms with E-state index in [4.69, 9.17) is 9.84 Å². The maximum absolute atomic E-state index is 10.6. The Morgan fingerprint density at radius 2 is 2.36 bits per heavy atom.